The lowest BCUT2D eigenvalue weighted by atomic mass is 10.1. The third-order valence-corrected chi connectivity index (χ3v) is 4.59. The van der Waals surface area contributed by atoms with Crippen LogP contribution in [0, 0.1) is 0 Å². The van der Waals surface area contributed by atoms with Crippen LogP contribution in [0.25, 0.3) is 11.1 Å². The molecule has 2 aromatic carbocycles. The van der Waals surface area contributed by atoms with Crippen molar-refractivity contribution in [3.8, 4) is 0 Å². The molecule has 4 rings (SSSR count). The molecule has 152 valence electrons. The van der Waals surface area contributed by atoms with Gasteiger partial charge in [0, 0.05) is 13.0 Å². The van der Waals surface area contributed by atoms with Gasteiger partial charge in [-0.2, -0.15) is 0 Å². The number of anilines is 1. The molecule has 0 aliphatic carbocycles. The van der Waals surface area contributed by atoms with Crippen molar-refractivity contribution in [2.45, 2.75) is 19.5 Å². The number of amides is 2. The fourth-order valence-corrected chi connectivity index (χ4v) is 3.12. The number of hydrogen-bond donors (Lipinski definition) is 2. The summed E-state index contributed by atoms with van der Waals surface area (Å²) < 4.78 is 11.8. The highest BCUT2D eigenvalue weighted by Gasteiger charge is 2.15. The lowest BCUT2D eigenvalue weighted by molar-refractivity contribution is -0.116. The highest BCUT2D eigenvalue weighted by atomic mass is 16.4. The smallest absolute Gasteiger partial charge is 0.419 e. The Morgan fingerprint density at radius 3 is 2.60 bits per heavy atom. The largest absolute Gasteiger partial charge is 0.467 e. The molecule has 2 aromatic heterocycles. The van der Waals surface area contributed by atoms with E-state index in [4.69, 9.17) is 8.83 Å². The van der Waals surface area contributed by atoms with Crippen molar-refractivity contribution in [2.24, 2.45) is 0 Å². The molecule has 8 nitrogen and oxygen atoms in total. The van der Waals surface area contributed by atoms with Crippen LogP contribution in [-0.4, -0.2) is 16.4 Å². The van der Waals surface area contributed by atoms with E-state index in [-0.39, 0.29) is 31.3 Å². The van der Waals surface area contributed by atoms with Crippen LogP contribution in [0.2, 0.25) is 0 Å². The average molecular weight is 405 g/mol. The molecule has 0 aliphatic rings. The van der Waals surface area contributed by atoms with Gasteiger partial charge in [-0.25, -0.2) is 4.79 Å². The minimum atomic E-state index is -0.512. The van der Waals surface area contributed by atoms with E-state index in [0.717, 1.165) is 0 Å². The number of oxazole rings is 1. The van der Waals surface area contributed by atoms with Gasteiger partial charge in [-0.05, 0) is 36.4 Å². The molecule has 0 radical (unpaired) electrons. The molecule has 0 atom stereocenters. The zero-order chi connectivity index (χ0) is 20.9. The van der Waals surface area contributed by atoms with E-state index < -0.39 is 5.76 Å². The normalized spacial score (nSPS) is 10.8. The summed E-state index contributed by atoms with van der Waals surface area (Å²) in [6, 6.07) is 17.3. The van der Waals surface area contributed by atoms with Crippen molar-refractivity contribution < 1.29 is 18.4 Å². The maximum atomic E-state index is 12.5. The number of nitrogens with one attached hydrogen (secondary N) is 2. The summed E-state index contributed by atoms with van der Waals surface area (Å²) in [6.45, 7) is 0.402. The molecule has 0 saturated carbocycles. The molecule has 0 unspecified atom stereocenters. The van der Waals surface area contributed by atoms with Crippen LogP contribution in [0.5, 0.6) is 0 Å². The summed E-state index contributed by atoms with van der Waals surface area (Å²) in [6.07, 6.45) is 1.58. The summed E-state index contributed by atoms with van der Waals surface area (Å²) >= 11 is 0. The topological polar surface area (TPSA) is 106 Å². The second kappa shape index (κ2) is 8.52. The maximum absolute atomic E-state index is 12.5. The maximum Gasteiger partial charge on any atom is 0.419 e. The fraction of sp³-hybridized carbons (Fsp3) is 0.136. The van der Waals surface area contributed by atoms with E-state index in [1.54, 1.807) is 60.7 Å². The standard InChI is InChI=1S/C22H19N3O5/c26-20(11-12-25-18-9-3-4-10-19(18)30-22(25)28)24-17-8-2-1-7-16(17)21(27)23-14-15-6-5-13-29-15/h1-10,13H,11-12,14H2,(H,23,27)(H,24,26). The highest BCUT2D eigenvalue weighted by Crippen LogP contribution is 2.16. The quantitative estimate of drug-likeness (QED) is 0.491. The molecule has 30 heavy (non-hydrogen) atoms. The van der Waals surface area contributed by atoms with Gasteiger partial charge in [0.1, 0.15) is 5.76 Å². The first-order chi connectivity index (χ1) is 14.6. The molecule has 2 heterocycles. The molecule has 0 bridgehead atoms. The Kier molecular flexibility index (Phi) is 5.47. The Morgan fingerprint density at radius 1 is 0.967 bits per heavy atom. The minimum Gasteiger partial charge on any atom is -0.467 e. The Hall–Kier alpha value is -4.07. The first kappa shape index (κ1) is 19.3. The highest BCUT2D eigenvalue weighted by molar-refractivity contribution is 6.03. The Bertz CT molecular complexity index is 1240. The second-order valence-corrected chi connectivity index (χ2v) is 6.59. The van der Waals surface area contributed by atoms with Gasteiger partial charge < -0.3 is 19.5 Å². The van der Waals surface area contributed by atoms with E-state index in [0.29, 0.717) is 28.1 Å². The molecule has 4 aromatic rings. The summed E-state index contributed by atoms with van der Waals surface area (Å²) in [4.78, 5) is 37.0. The number of aromatic nitrogens is 1. The van der Waals surface area contributed by atoms with Gasteiger partial charge >= 0.3 is 5.76 Å². The Labute approximate surface area is 171 Å². The van der Waals surface area contributed by atoms with Crippen LogP contribution in [-0.2, 0) is 17.9 Å². The van der Waals surface area contributed by atoms with E-state index in [9.17, 15) is 14.4 Å². The number of carbonyl (C=O) groups is 2. The van der Waals surface area contributed by atoms with Gasteiger partial charge in [0.25, 0.3) is 5.91 Å². The Balaban J connectivity index is 1.41. The van der Waals surface area contributed by atoms with Crippen LogP contribution in [0.15, 0.2) is 80.6 Å². The molecule has 0 fully saturated rings. The van der Waals surface area contributed by atoms with Crippen LogP contribution in [0.1, 0.15) is 22.5 Å². The predicted octanol–water partition coefficient (Wildman–Crippen LogP) is 3.15. The lowest BCUT2D eigenvalue weighted by Gasteiger charge is -2.11. The number of fused-ring (bicyclic) bond motifs is 1. The first-order valence-corrected chi connectivity index (χ1v) is 9.39. The Morgan fingerprint density at radius 2 is 1.77 bits per heavy atom. The van der Waals surface area contributed by atoms with Gasteiger partial charge in [0.15, 0.2) is 5.58 Å². The summed E-state index contributed by atoms with van der Waals surface area (Å²) in [5, 5.41) is 5.50. The van der Waals surface area contributed by atoms with Gasteiger partial charge in [-0.15, -0.1) is 0 Å². The van der Waals surface area contributed by atoms with E-state index in [1.165, 1.54) is 10.8 Å². The summed E-state index contributed by atoms with van der Waals surface area (Å²) in [5.74, 6) is -0.540. The fourth-order valence-electron chi connectivity index (χ4n) is 3.12. The van der Waals surface area contributed by atoms with Crippen LogP contribution in [0.3, 0.4) is 0 Å². The number of furan rings is 1. The van der Waals surface area contributed by atoms with Gasteiger partial charge in [-0.3, -0.25) is 14.2 Å². The number of aryl methyl sites for hydroxylation is 1. The molecule has 8 heteroatoms. The zero-order valence-corrected chi connectivity index (χ0v) is 16.0. The first-order valence-electron chi connectivity index (χ1n) is 9.39. The summed E-state index contributed by atoms with van der Waals surface area (Å²) in [7, 11) is 0. The van der Waals surface area contributed by atoms with Crippen molar-refractivity contribution in [3.05, 3.63) is 88.8 Å². The molecular weight excluding hydrogens is 386 g/mol. The number of carbonyl (C=O) groups excluding carboxylic acids is 2. The van der Waals surface area contributed by atoms with Crippen molar-refractivity contribution >= 4 is 28.6 Å². The van der Waals surface area contributed by atoms with E-state index >= 15 is 0 Å². The number of rotatable bonds is 7. The van der Waals surface area contributed by atoms with Crippen molar-refractivity contribution in [1.82, 2.24) is 9.88 Å². The SMILES string of the molecule is O=C(CCn1c(=O)oc2ccccc21)Nc1ccccc1C(=O)NCc1ccco1. The lowest BCUT2D eigenvalue weighted by Crippen LogP contribution is -2.25. The molecule has 0 aliphatic heterocycles. The molecule has 2 amide bonds. The third kappa shape index (κ3) is 4.17. The number of benzene rings is 2. The van der Waals surface area contributed by atoms with Crippen molar-refractivity contribution in [3.63, 3.8) is 0 Å². The van der Waals surface area contributed by atoms with Gasteiger partial charge in [0.05, 0.1) is 29.6 Å². The second-order valence-electron chi connectivity index (χ2n) is 6.59. The third-order valence-electron chi connectivity index (χ3n) is 4.59. The van der Waals surface area contributed by atoms with Gasteiger partial charge in [-0.1, -0.05) is 24.3 Å². The monoisotopic (exact) mass is 405 g/mol. The van der Waals surface area contributed by atoms with E-state index in [2.05, 4.69) is 10.6 Å². The van der Waals surface area contributed by atoms with Crippen molar-refractivity contribution in [1.29, 1.82) is 0 Å². The number of para-hydroxylation sites is 3. The van der Waals surface area contributed by atoms with Crippen LogP contribution < -0.4 is 16.4 Å². The molecular formula is C22H19N3O5. The number of hydrogen-bond acceptors (Lipinski definition) is 5. The zero-order valence-electron chi connectivity index (χ0n) is 16.0. The molecule has 0 spiro atoms. The predicted molar refractivity (Wildman–Crippen MR) is 110 cm³/mol. The molecule has 2 N–H and O–H groups in total. The number of nitrogens with zero attached hydrogens (tertiary/aromatic N) is 1. The summed E-state index contributed by atoms with van der Waals surface area (Å²) in [5.41, 5.74) is 1.83. The minimum absolute atomic E-state index is 0.0474. The van der Waals surface area contributed by atoms with Crippen molar-refractivity contribution in [2.75, 3.05) is 5.32 Å². The van der Waals surface area contributed by atoms with E-state index in [1.807, 2.05) is 0 Å². The van der Waals surface area contributed by atoms with Crippen LogP contribution in [0.4, 0.5) is 5.69 Å². The average Bonchev–Trinajstić information content (AvgIpc) is 3.38. The van der Waals surface area contributed by atoms with Gasteiger partial charge in [0.2, 0.25) is 5.91 Å². The molecule has 0 saturated heterocycles. The van der Waals surface area contributed by atoms with Crippen LogP contribution >= 0.6 is 0 Å².